The van der Waals surface area contributed by atoms with E-state index in [2.05, 4.69) is 167 Å². The highest BCUT2D eigenvalue weighted by molar-refractivity contribution is 7.47. The lowest BCUT2D eigenvalue weighted by Crippen LogP contribution is -2.30. The molecule has 0 aliphatic rings. The zero-order valence-electron chi connectivity index (χ0n) is 67.2. The Kier molecular flexibility index (Phi) is 75.4. The van der Waals surface area contributed by atoms with E-state index in [4.69, 9.17) is 37.0 Å². The van der Waals surface area contributed by atoms with E-state index < -0.39 is 97.5 Å². The van der Waals surface area contributed by atoms with Gasteiger partial charge in [-0.25, -0.2) is 9.13 Å². The van der Waals surface area contributed by atoms with Gasteiger partial charge >= 0.3 is 39.5 Å². The van der Waals surface area contributed by atoms with E-state index in [1.54, 1.807) is 0 Å². The number of hydrogen-bond acceptors (Lipinski definition) is 15. The largest absolute Gasteiger partial charge is 0.472 e. The molecule has 17 nitrogen and oxygen atoms in total. The minimum absolute atomic E-state index is 0.0320. The highest BCUT2D eigenvalue weighted by Crippen LogP contribution is 2.45. The van der Waals surface area contributed by atoms with E-state index in [0.29, 0.717) is 38.5 Å². The fraction of sp³-hybridized carbons (Fsp3) is 0.640. The van der Waals surface area contributed by atoms with Gasteiger partial charge in [-0.2, -0.15) is 0 Å². The summed E-state index contributed by atoms with van der Waals surface area (Å²) in [5.74, 6) is -2.35. The van der Waals surface area contributed by atoms with Crippen LogP contribution in [0.25, 0.3) is 0 Å². The molecule has 0 aromatic heterocycles. The van der Waals surface area contributed by atoms with Crippen molar-refractivity contribution >= 4 is 39.5 Å². The summed E-state index contributed by atoms with van der Waals surface area (Å²) in [6, 6.07) is 0. The highest BCUT2D eigenvalue weighted by Gasteiger charge is 2.30. The average molecular weight is 1550 g/mol. The lowest BCUT2D eigenvalue weighted by atomic mass is 10.0. The molecule has 0 fully saturated rings. The van der Waals surface area contributed by atoms with Crippen LogP contribution in [0.15, 0.2) is 170 Å². The summed E-state index contributed by atoms with van der Waals surface area (Å²) in [6.07, 6.45) is 94.9. The molecular formula is C89H146O17P2. The van der Waals surface area contributed by atoms with Crippen LogP contribution in [0, 0.1) is 0 Å². The number of phosphoric ester groups is 2. The van der Waals surface area contributed by atoms with E-state index in [1.165, 1.54) is 64.2 Å². The lowest BCUT2D eigenvalue weighted by molar-refractivity contribution is -0.161. The van der Waals surface area contributed by atoms with Crippen LogP contribution < -0.4 is 0 Å². The van der Waals surface area contributed by atoms with Gasteiger partial charge in [-0.3, -0.25) is 37.3 Å². The third-order valence-electron chi connectivity index (χ3n) is 16.7. The number of phosphoric acid groups is 2. The number of hydrogen-bond donors (Lipinski definition) is 3. The lowest BCUT2D eigenvalue weighted by Gasteiger charge is -2.21. The molecule has 5 atom stereocenters. The molecule has 0 saturated carbocycles. The summed E-state index contributed by atoms with van der Waals surface area (Å²) in [5, 5.41) is 10.7. The smallest absolute Gasteiger partial charge is 0.462 e. The Hall–Kier alpha value is -5.58. The van der Waals surface area contributed by atoms with Crippen molar-refractivity contribution in [3.05, 3.63) is 170 Å². The summed E-state index contributed by atoms with van der Waals surface area (Å²) in [6.45, 7) is 4.39. The second-order valence-electron chi connectivity index (χ2n) is 26.9. The average Bonchev–Trinajstić information content (AvgIpc) is 0.901. The summed E-state index contributed by atoms with van der Waals surface area (Å²) in [5.41, 5.74) is 0. The molecule has 3 N–H and O–H groups in total. The van der Waals surface area contributed by atoms with Crippen molar-refractivity contribution in [3.8, 4) is 0 Å². The monoisotopic (exact) mass is 1550 g/mol. The van der Waals surface area contributed by atoms with Gasteiger partial charge < -0.3 is 33.8 Å². The SMILES string of the molecule is CC/C=C\C/C=C\C/C=C\C/C=C\C/C=C\C/C=C\CCC(=O)OCC(COP(=O)(O)OCC(O)COP(=O)(O)OCC(COC(=O)CCC/C=C\C/C=C\C/C=C\C/C=C\C/C=C\CC)OC(=O)CCCCCCCCC/C=C\C/C=C\C/C=C\CC)OC(=O)CCCCCCCCCCCCCCCCC. The molecule has 0 aromatic rings. The Bertz CT molecular complexity index is 2710. The van der Waals surface area contributed by atoms with Crippen molar-refractivity contribution in [3.63, 3.8) is 0 Å². The van der Waals surface area contributed by atoms with Crippen molar-refractivity contribution in [1.82, 2.24) is 0 Å². The van der Waals surface area contributed by atoms with Crippen LogP contribution in [0.4, 0.5) is 0 Å². The Morgan fingerprint density at radius 3 is 0.824 bits per heavy atom. The van der Waals surface area contributed by atoms with Gasteiger partial charge in [0, 0.05) is 25.7 Å². The Morgan fingerprint density at radius 1 is 0.269 bits per heavy atom. The number of carbonyl (C=O) groups excluding carboxylic acids is 4. The first-order chi connectivity index (χ1) is 52.7. The first kappa shape index (κ1) is 102. The van der Waals surface area contributed by atoms with E-state index in [9.17, 15) is 43.2 Å². The van der Waals surface area contributed by atoms with Crippen LogP contribution in [0.3, 0.4) is 0 Å². The van der Waals surface area contributed by atoms with Gasteiger partial charge in [-0.05, 0) is 135 Å². The molecule has 0 spiro atoms. The first-order valence-electron chi connectivity index (χ1n) is 41.4. The Labute approximate surface area is 654 Å². The van der Waals surface area contributed by atoms with Gasteiger partial charge in [0.25, 0.3) is 0 Å². The summed E-state index contributed by atoms with van der Waals surface area (Å²) in [4.78, 5) is 73.1. The zero-order valence-corrected chi connectivity index (χ0v) is 69.0. The molecule has 0 heterocycles. The van der Waals surface area contributed by atoms with Crippen LogP contribution in [0.2, 0.25) is 0 Å². The molecule has 19 heteroatoms. The van der Waals surface area contributed by atoms with E-state index in [0.717, 1.165) is 154 Å². The van der Waals surface area contributed by atoms with Crippen LogP contribution in [-0.2, 0) is 65.4 Å². The van der Waals surface area contributed by atoms with E-state index in [1.807, 2.05) is 30.4 Å². The minimum atomic E-state index is -5.01. The van der Waals surface area contributed by atoms with Crippen LogP contribution in [0.5, 0.6) is 0 Å². The molecule has 0 aromatic carbocycles. The van der Waals surface area contributed by atoms with Gasteiger partial charge in [0.15, 0.2) is 12.2 Å². The third-order valence-corrected chi connectivity index (χ3v) is 18.6. The van der Waals surface area contributed by atoms with Crippen molar-refractivity contribution in [2.45, 2.75) is 329 Å². The summed E-state index contributed by atoms with van der Waals surface area (Å²) in [7, 11) is -10.0. The summed E-state index contributed by atoms with van der Waals surface area (Å²) >= 11 is 0. The van der Waals surface area contributed by atoms with Gasteiger partial charge in [-0.1, -0.05) is 320 Å². The molecule has 0 bridgehead atoms. The van der Waals surface area contributed by atoms with Crippen LogP contribution in [-0.4, -0.2) is 96.7 Å². The molecule has 0 saturated heterocycles. The number of aliphatic hydroxyl groups is 1. The van der Waals surface area contributed by atoms with E-state index >= 15 is 0 Å². The molecule has 5 unspecified atom stereocenters. The van der Waals surface area contributed by atoms with Crippen molar-refractivity contribution in [1.29, 1.82) is 0 Å². The third kappa shape index (κ3) is 78.5. The standard InChI is InChI=1S/C89H146O17P2/c1-5-9-13-17-21-25-29-33-37-40-41-44-47-50-54-58-62-66-70-74-87(92)100-79-84(105-88(93)75-71-67-63-59-55-51-45-36-32-28-24-20-16-12-8-4)81-103-107(95,96)101-77-83(90)78-102-108(97,98)104-82-85(106-89(94)76-72-68-64-60-56-52-48-43-39-35-31-27-23-19-15-11-7-3)80-99-86(91)73-69-65-61-57-53-49-46-42-38-34-30-26-22-18-14-10-6-2/h9-11,13-15,21-23,25-27,33-35,37-39,41,44,46,49-50,54,57,61-62,66,83-85,90H,5-8,12,16-20,24,28-32,36,40,42-43,45,47-48,51-53,55-56,58-60,63-65,67-82H2,1-4H3,(H,95,96)(H,97,98)/b13-9-,14-10-,15-11-,25-21-,26-22-,27-23-,37-33-,38-34-,39-35-,44-41-,49-46-,54-50-,61-57-,66-62-. The molecule has 0 radical (unpaired) electrons. The van der Waals surface area contributed by atoms with Crippen molar-refractivity contribution in [2.24, 2.45) is 0 Å². The van der Waals surface area contributed by atoms with Gasteiger partial charge in [-0.15, -0.1) is 0 Å². The number of carbonyl (C=O) groups is 4. The quantitative estimate of drug-likeness (QED) is 0.0169. The van der Waals surface area contributed by atoms with E-state index in [-0.39, 0.29) is 25.7 Å². The molecule has 0 aliphatic heterocycles. The predicted octanol–water partition coefficient (Wildman–Crippen LogP) is 24.6. The number of allylic oxidation sites excluding steroid dienone is 28. The molecule has 0 amide bonds. The maximum atomic E-state index is 13.1. The second kappa shape index (κ2) is 79.5. The number of ether oxygens (including phenoxy) is 4. The summed E-state index contributed by atoms with van der Waals surface area (Å²) < 4.78 is 68.6. The zero-order chi connectivity index (χ0) is 78.9. The van der Waals surface area contributed by atoms with Crippen LogP contribution >= 0.6 is 15.6 Å². The van der Waals surface area contributed by atoms with Crippen molar-refractivity contribution < 1.29 is 80.2 Å². The fourth-order valence-corrected chi connectivity index (χ4v) is 12.1. The van der Waals surface area contributed by atoms with Crippen molar-refractivity contribution in [2.75, 3.05) is 39.6 Å². The maximum absolute atomic E-state index is 13.1. The molecule has 0 aliphatic carbocycles. The molecule has 614 valence electrons. The number of aliphatic hydroxyl groups excluding tert-OH is 1. The first-order valence-corrected chi connectivity index (χ1v) is 44.4. The molecule has 0 rings (SSSR count). The highest BCUT2D eigenvalue weighted by atomic mass is 31.2. The predicted molar refractivity (Wildman–Crippen MR) is 445 cm³/mol. The second-order valence-corrected chi connectivity index (χ2v) is 29.8. The van der Waals surface area contributed by atoms with Gasteiger partial charge in [0.2, 0.25) is 0 Å². The normalized spacial score (nSPS) is 14.7. The molecule has 108 heavy (non-hydrogen) atoms. The fourth-order valence-electron chi connectivity index (χ4n) is 10.5. The van der Waals surface area contributed by atoms with Gasteiger partial charge in [0.1, 0.15) is 19.3 Å². The number of rotatable bonds is 76. The number of unbranched alkanes of at least 4 members (excludes halogenated alkanes) is 22. The molecular weight excluding hydrogens is 1400 g/mol. The van der Waals surface area contributed by atoms with Gasteiger partial charge in [0.05, 0.1) is 26.4 Å². The number of esters is 4. The Morgan fingerprint density at radius 2 is 0.509 bits per heavy atom. The minimum Gasteiger partial charge on any atom is -0.462 e. The van der Waals surface area contributed by atoms with Crippen LogP contribution in [0.1, 0.15) is 310 Å². The topological polar surface area (TPSA) is 237 Å². The maximum Gasteiger partial charge on any atom is 0.472 e. The Balaban J connectivity index is 5.49.